The largest absolute Gasteiger partial charge is 0.393 e. The number of hydrogen-bond donors (Lipinski definition) is 3. The Morgan fingerprint density at radius 2 is 1.21 bits per heavy atom. The predicted octanol–water partition coefficient (Wildman–Crippen LogP) is 7.73. The van der Waals surface area contributed by atoms with Crippen LogP contribution in [0.4, 0.5) is 23.0 Å². The number of benzene rings is 1. The number of nitrogens with two attached hydrogens (primary N) is 1. The fourth-order valence-electron chi connectivity index (χ4n) is 4.72. The third-order valence-electron chi connectivity index (χ3n) is 7.17. The number of nitrogen functional groups attached to an aromatic ring is 1. The van der Waals surface area contributed by atoms with E-state index in [4.69, 9.17) is 5.73 Å². The van der Waals surface area contributed by atoms with E-state index in [1.807, 2.05) is 13.8 Å². The first-order valence-corrected chi connectivity index (χ1v) is 16.6. The molecule has 0 spiro atoms. The molecule has 8 nitrogen and oxygen atoms in total. The quantitative estimate of drug-likeness (QED) is 0.126. The number of aromatic nitrogens is 2. The summed E-state index contributed by atoms with van der Waals surface area (Å²) in [6, 6.07) is 6.64. The average molecular weight is 561 g/mol. The van der Waals surface area contributed by atoms with Crippen molar-refractivity contribution in [3.63, 3.8) is 0 Å². The molecule has 220 valence electrons. The van der Waals surface area contributed by atoms with Gasteiger partial charge in [0.1, 0.15) is 12.0 Å². The lowest BCUT2D eigenvalue weighted by Gasteiger charge is -2.18. The van der Waals surface area contributed by atoms with E-state index in [1.165, 1.54) is 94.1 Å². The fourth-order valence-corrected chi connectivity index (χ4v) is 6.18. The van der Waals surface area contributed by atoms with Gasteiger partial charge in [-0.2, -0.15) is 4.31 Å². The van der Waals surface area contributed by atoms with Crippen LogP contribution in [0.2, 0.25) is 0 Å². The number of sulfonamides is 1. The Hall–Kier alpha value is -2.39. The number of rotatable bonds is 22. The van der Waals surface area contributed by atoms with Crippen molar-refractivity contribution in [2.75, 3.05) is 36.0 Å². The molecule has 0 amide bonds. The van der Waals surface area contributed by atoms with Crippen LogP contribution in [0, 0.1) is 0 Å². The molecular formula is C30H52N6O2S. The SMILES string of the molecule is CCCCCCCCCCCCCCCCNc1ncnc(Nc2ccc(S(=O)(=O)N(CC)CC)cc2)c1N. The molecule has 0 atom stereocenters. The molecule has 2 aromatic rings. The first kappa shape index (κ1) is 32.8. The Morgan fingerprint density at radius 1 is 0.718 bits per heavy atom. The molecule has 0 aliphatic rings. The summed E-state index contributed by atoms with van der Waals surface area (Å²) in [6.07, 6.45) is 20.2. The van der Waals surface area contributed by atoms with Crippen molar-refractivity contribution in [3.05, 3.63) is 30.6 Å². The summed E-state index contributed by atoms with van der Waals surface area (Å²) in [6.45, 7) is 7.63. The molecule has 0 aliphatic heterocycles. The normalized spacial score (nSPS) is 11.7. The van der Waals surface area contributed by atoms with E-state index >= 15 is 0 Å². The lowest BCUT2D eigenvalue weighted by molar-refractivity contribution is 0.445. The summed E-state index contributed by atoms with van der Waals surface area (Å²) in [5.41, 5.74) is 7.47. The number of hydrogen-bond acceptors (Lipinski definition) is 7. The van der Waals surface area contributed by atoms with E-state index in [2.05, 4.69) is 27.5 Å². The van der Waals surface area contributed by atoms with Gasteiger partial charge >= 0.3 is 0 Å². The van der Waals surface area contributed by atoms with Crippen molar-refractivity contribution in [2.45, 2.75) is 116 Å². The zero-order chi connectivity index (χ0) is 28.3. The van der Waals surface area contributed by atoms with Gasteiger partial charge in [-0.25, -0.2) is 18.4 Å². The average Bonchev–Trinajstić information content (AvgIpc) is 2.93. The highest BCUT2D eigenvalue weighted by molar-refractivity contribution is 7.89. The van der Waals surface area contributed by atoms with Gasteiger partial charge in [0, 0.05) is 25.3 Å². The maximum Gasteiger partial charge on any atom is 0.243 e. The van der Waals surface area contributed by atoms with Crippen molar-refractivity contribution in [1.82, 2.24) is 14.3 Å². The van der Waals surface area contributed by atoms with Crippen molar-refractivity contribution in [2.24, 2.45) is 0 Å². The van der Waals surface area contributed by atoms with Crippen LogP contribution in [-0.4, -0.2) is 42.3 Å². The maximum atomic E-state index is 12.7. The van der Waals surface area contributed by atoms with Crippen LogP contribution < -0.4 is 16.4 Å². The first-order valence-electron chi connectivity index (χ1n) is 15.2. The summed E-state index contributed by atoms with van der Waals surface area (Å²) in [4.78, 5) is 8.83. The first-order chi connectivity index (χ1) is 18.9. The Labute approximate surface area is 237 Å². The minimum absolute atomic E-state index is 0.267. The van der Waals surface area contributed by atoms with Crippen LogP contribution >= 0.6 is 0 Å². The highest BCUT2D eigenvalue weighted by Gasteiger charge is 2.21. The van der Waals surface area contributed by atoms with Crippen molar-refractivity contribution in [1.29, 1.82) is 0 Å². The monoisotopic (exact) mass is 560 g/mol. The molecule has 9 heteroatoms. The second-order valence-electron chi connectivity index (χ2n) is 10.2. The Morgan fingerprint density at radius 3 is 1.72 bits per heavy atom. The molecule has 0 unspecified atom stereocenters. The number of nitrogens with one attached hydrogen (secondary N) is 2. The summed E-state index contributed by atoms with van der Waals surface area (Å²) < 4.78 is 26.8. The van der Waals surface area contributed by atoms with Gasteiger partial charge in [0.25, 0.3) is 0 Å². The van der Waals surface area contributed by atoms with E-state index in [0.717, 1.165) is 13.0 Å². The van der Waals surface area contributed by atoms with Crippen LogP contribution in [-0.2, 0) is 10.0 Å². The standard InChI is InChI=1S/C30H52N6O2S/c1-4-7-8-9-10-11-12-13-14-15-16-17-18-19-24-32-29-28(31)30(34-25-33-29)35-26-20-22-27(23-21-26)39(37,38)36(5-2)6-3/h20-23,25H,4-19,24,31H2,1-3H3,(H2,32,33,34,35). The van der Waals surface area contributed by atoms with E-state index in [9.17, 15) is 8.42 Å². The third kappa shape index (κ3) is 11.7. The molecule has 39 heavy (non-hydrogen) atoms. The Balaban J connectivity index is 1.66. The summed E-state index contributed by atoms with van der Waals surface area (Å²) in [5.74, 6) is 1.11. The van der Waals surface area contributed by atoms with Gasteiger partial charge in [0.2, 0.25) is 10.0 Å². The van der Waals surface area contributed by atoms with Gasteiger partial charge in [-0.15, -0.1) is 0 Å². The van der Waals surface area contributed by atoms with Gasteiger partial charge in [0.05, 0.1) is 4.90 Å². The summed E-state index contributed by atoms with van der Waals surface area (Å²) in [5, 5.41) is 6.51. The Kier molecular flexibility index (Phi) is 15.8. The van der Waals surface area contributed by atoms with Gasteiger partial charge in [-0.05, 0) is 30.7 Å². The molecule has 0 aliphatic carbocycles. The molecule has 4 N–H and O–H groups in total. The van der Waals surface area contributed by atoms with E-state index in [-0.39, 0.29) is 4.90 Å². The summed E-state index contributed by atoms with van der Waals surface area (Å²) in [7, 11) is -3.49. The molecule has 1 aromatic carbocycles. The van der Waals surface area contributed by atoms with Crippen LogP contribution in [0.3, 0.4) is 0 Å². The predicted molar refractivity (Wildman–Crippen MR) is 165 cm³/mol. The second-order valence-corrected chi connectivity index (χ2v) is 12.2. The highest BCUT2D eigenvalue weighted by Crippen LogP contribution is 2.27. The molecule has 0 bridgehead atoms. The van der Waals surface area contributed by atoms with E-state index < -0.39 is 10.0 Å². The topological polar surface area (TPSA) is 113 Å². The van der Waals surface area contributed by atoms with Crippen molar-refractivity contribution < 1.29 is 8.42 Å². The number of nitrogens with zero attached hydrogens (tertiary/aromatic N) is 3. The van der Waals surface area contributed by atoms with Crippen LogP contribution in [0.25, 0.3) is 0 Å². The van der Waals surface area contributed by atoms with Crippen LogP contribution in [0.1, 0.15) is 111 Å². The van der Waals surface area contributed by atoms with Crippen LogP contribution in [0.5, 0.6) is 0 Å². The molecule has 1 aromatic heterocycles. The molecule has 0 radical (unpaired) electrons. The zero-order valence-corrected chi connectivity index (χ0v) is 25.4. The van der Waals surface area contributed by atoms with Gasteiger partial charge < -0.3 is 16.4 Å². The minimum Gasteiger partial charge on any atom is -0.393 e. The molecule has 2 rings (SSSR count). The third-order valence-corrected chi connectivity index (χ3v) is 9.23. The molecule has 0 saturated carbocycles. The fraction of sp³-hybridized carbons (Fsp3) is 0.667. The van der Waals surface area contributed by atoms with Crippen LogP contribution in [0.15, 0.2) is 35.5 Å². The Bertz CT molecular complexity index is 1030. The van der Waals surface area contributed by atoms with E-state index in [1.54, 1.807) is 24.3 Å². The number of unbranched alkanes of at least 4 members (excludes halogenated alkanes) is 13. The van der Waals surface area contributed by atoms with Gasteiger partial charge in [-0.3, -0.25) is 0 Å². The molecule has 1 heterocycles. The zero-order valence-electron chi connectivity index (χ0n) is 24.6. The maximum absolute atomic E-state index is 12.7. The van der Waals surface area contributed by atoms with Gasteiger partial charge in [0.15, 0.2) is 11.6 Å². The van der Waals surface area contributed by atoms with Crippen molar-refractivity contribution >= 4 is 33.0 Å². The smallest absolute Gasteiger partial charge is 0.243 e. The second kappa shape index (κ2) is 18.8. The lowest BCUT2D eigenvalue weighted by atomic mass is 10.0. The number of anilines is 4. The molecular weight excluding hydrogens is 508 g/mol. The van der Waals surface area contributed by atoms with E-state index in [0.29, 0.717) is 36.1 Å². The summed E-state index contributed by atoms with van der Waals surface area (Å²) >= 11 is 0. The molecule has 0 saturated heterocycles. The minimum atomic E-state index is -3.49. The van der Waals surface area contributed by atoms with Crippen molar-refractivity contribution in [3.8, 4) is 0 Å². The highest BCUT2D eigenvalue weighted by atomic mass is 32.2. The lowest BCUT2D eigenvalue weighted by Crippen LogP contribution is -2.30. The molecule has 0 fully saturated rings. The van der Waals surface area contributed by atoms with Gasteiger partial charge in [-0.1, -0.05) is 104 Å².